The monoisotopic (exact) mass is 352 g/mol. The number of aryl methyl sites for hydroxylation is 1. The van der Waals surface area contributed by atoms with Crippen LogP contribution in [-0.2, 0) is 6.42 Å². The van der Waals surface area contributed by atoms with Crippen LogP contribution in [0, 0.1) is 12.7 Å². The zero-order valence-electron chi connectivity index (χ0n) is 14.7. The lowest BCUT2D eigenvalue weighted by atomic mass is 9.98. The second-order valence-electron chi connectivity index (χ2n) is 6.77. The summed E-state index contributed by atoms with van der Waals surface area (Å²) in [6.45, 7) is 3.78. The van der Waals surface area contributed by atoms with Gasteiger partial charge in [-0.15, -0.1) is 0 Å². The first-order chi connectivity index (χ1) is 12.7. The Hall–Kier alpha value is -2.76. The van der Waals surface area contributed by atoms with Crippen molar-refractivity contribution >= 4 is 5.82 Å². The molecule has 0 N–H and O–H groups in total. The van der Waals surface area contributed by atoms with Crippen LogP contribution < -0.4 is 4.90 Å². The molecule has 5 nitrogen and oxygen atoms in total. The van der Waals surface area contributed by atoms with Gasteiger partial charge in [0.25, 0.3) is 0 Å². The molecule has 134 valence electrons. The van der Waals surface area contributed by atoms with Gasteiger partial charge in [0.2, 0.25) is 0 Å². The van der Waals surface area contributed by atoms with Gasteiger partial charge in [-0.2, -0.15) is 0 Å². The maximum atomic E-state index is 13.3. The van der Waals surface area contributed by atoms with Crippen molar-refractivity contribution in [3.8, 4) is 0 Å². The zero-order chi connectivity index (χ0) is 17.9. The van der Waals surface area contributed by atoms with Gasteiger partial charge in [-0.3, -0.25) is 0 Å². The van der Waals surface area contributed by atoms with Crippen LogP contribution in [-0.4, -0.2) is 28.0 Å². The molecule has 26 heavy (non-hydrogen) atoms. The fraction of sp³-hybridized carbons (Fsp3) is 0.350. The van der Waals surface area contributed by atoms with Crippen molar-refractivity contribution in [2.24, 2.45) is 0 Å². The summed E-state index contributed by atoms with van der Waals surface area (Å²) < 4.78 is 19.3. The third-order valence-corrected chi connectivity index (χ3v) is 4.72. The van der Waals surface area contributed by atoms with E-state index in [1.807, 2.05) is 19.1 Å². The van der Waals surface area contributed by atoms with Crippen LogP contribution in [0.1, 0.15) is 41.7 Å². The fourth-order valence-electron chi connectivity index (χ4n) is 3.44. The summed E-state index contributed by atoms with van der Waals surface area (Å²) in [6, 6.07) is 8.59. The van der Waals surface area contributed by atoms with Crippen molar-refractivity contribution in [3.05, 3.63) is 71.6 Å². The van der Waals surface area contributed by atoms with Crippen molar-refractivity contribution in [2.75, 3.05) is 18.0 Å². The van der Waals surface area contributed by atoms with E-state index in [2.05, 4.69) is 19.9 Å². The average Bonchev–Trinajstić information content (AvgIpc) is 3.10. The summed E-state index contributed by atoms with van der Waals surface area (Å²) in [7, 11) is 0. The lowest BCUT2D eigenvalue weighted by Crippen LogP contribution is -2.35. The van der Waals surface area contributed by atoms with Gasteiger partial charge in [0, 0.05) is 31.3 Å². The zero-order valence-corrected chi connectivity index (χ0v) is 14.7. The lowest BCUT2D eigenvalue weighted by Gasteiger charge is -2.32. The molecule has 1 saturated heterocycles. The predicted molar refractivity (Wildman–Crippen MR) is 96.7 cm³/mol. The number of benzene rings is 1. The lowest BCUT2D eigenvalue weighted by molar-refractivity contribution is 0.384. The van der Waals surface area contributed by atoms with E-state index >= 15 is 0 Å². The van der Waals surface area contributed by atoms with E-state index in [-0.39, 0.29) is 11.7 Å². The largest absolute Gasteiger partial charge is 0.445 e. The molecule has 1 atom stereocenters. The third kappa shape index (κ3) is 3.74. The predicted octanol–water partition coefficient (Wildman–Crippen LogP) is 3.89. The minimum absolute atomic E-state index is 0.231. The minimum atomic E-state index is -0.231. The highest BCUT2D eigenvalue weighted by Gasteiger charge is 2.26. The van der Waals surface area contributed by atoms with Gasteiger partial charge in [-0.05, 0) is 37.5 Å². The van der Waals surface area contributed by atoms with Crippen LogP contribution in [0.2, 0.25) is 0 Å². The van der Waals surface area contributed by atoms with Crippen LogP contribution in [0.25, 0.3) is 0 Å². The van der Waals surface area contributed by atoms with E-state index in [0.717, 1.165) is 54.7 Å². The van der Waals surface area contributed by atoms with Gasteiger partial charge < -0.3 is 9.32 Å². The van der Waals surface area contributed by atoms with E-state index < -0.39 is 0 Å². The molecule has 1 fully saturated rings. The number of aromatic nitrogens is 3. The summed E-state index contributed by atoms with van der Waals surface area (Å²) in [4.78, 5) is 15.3. The molecule has 0 radical (unpaired) electrons. The fourth-order valence-corrected chi connectivity index (χ4v) is 3.44. The molecule has 1 unspecified atom stereocenters. The number of halogens is 1. The van der Waals surface area contributed by atoms with Gasteiger partial charge in [0.1, 0.15) is 23.7 Å². The normalized spacial score (nSPS) is 17.5. The molecule has 1 aliphatic heterocycles. The van der Waals surface area contributed by atoms with Crippen molar-refractivity contribution in [3.63, 3.8) is 0 Å². The maximum Gasteiger partial charge on any atom is 0.199 e. The van der Waals surface area contributed by atoms with Gasteiger partial charge in [-0.25, -0.2) is 19.3 Å². The molecule has 2 aromatic heterocycles. The molecule has 0 saturated carbocycles. The van der Waals surface area contributed by atoms with E-state index in [1.54, 1.807) is 18.6 Å². The quantitative estimate of drug-likeness (QED) is 0.713. The van der Waals surface area contributed by atoms with E-state index in [9.17, 15) is 4.39 Å². The van der Waals surface area contributed by atoms with E-state index in [0.29, 0.717) is 6.42 Å². The topological polar surface area (TPSA) is 55.1 Å². The smallest absolute Gasteiger partial charge is 0.199 e. The Morgan fingerprint density at radius 2 is 2.15 bits per heavy atom. The number of nitrogens with zero attached hydrogens (tertiary/aromatic N) is 4. The third-order valence-electron chi connectivity index (χ3n) is 4.72. The van der Waals surface area contributed by atoms with Gasteiger partial charge in [0.15, 0.2) is 5.89 Å². The molecule has 0 amide bonds. The second kappa shape index (κ2) is 7.23. The number of rotatable bonds is 4. The molecular formula is C20H21FN4O. The first kappa shape index (κ1) is 16.7. The summed E-state index contributed by atoms with van der Waals surface area (Å²) in [5.74, 6) is 2.48. The molecule has 1 aromatic carbocycles. The van der Waals surface area contributed by atoms with Gasteiger partial charge in [-0.1, -0.05) is 12.1 Å². The minimum Gasteiger partial charge on any atom is -0.445 e. The Morgan fingerprint density at radius 1 is 1.23 bits per heavy atom. The van der Waals surface area contributed by atoms with Crippen LogP contribution in [0.4, 0.5) is 10.2 Å². The number of piperidine rings is 1. The van der Waals surface area contributed by atoms with Crippen LogP contribution in [0.15, 0.2) is 47.3 Å². The SMILES string of the molecule is Cc1cc(N2CCCC(c3ncc(Cc4cccc(F)c4)o3)C2)ncn1. The van der Waals surface area contributed by atoms with Crippen LogP contribution in [0.5, 0.6) is 0 Å². The average molecular weight is 352 g/mol. The Morgan fingerprint density at radius 3 is 3.00 bits per heavy atom. The van der Waals surface area contributed by atoms with Gasteiger partial charge in [0.05, 0.1) is 12.1 Å². The highest BCUT2D eigenvalue weighted by Crippen LogP contribution is 2.29. The molecule has 6 heteroatoms. The number of anilines is 1. The molecule has 3 heterocycles. The molecular weight excluding hydrogens is 331 g/mol. The van der Waals surface area contributed by atoms with Crippen LogP contribution >= 0.6 is 0 Å². The Kier molecular flexibility index (Phi) is 4.65. The van der Waals surface area contributed by atoms with Crippen molar-refractivity contribution in [1.29, 1.82) is 0 Å². The summed E-state index contributed by atoms with van der Waals surface area (Å²) in [5, 5.41) is 0. The molecule has 0 spiro atoms. The Labute approximate surface area is 151 Å². The summed E-state index contributed by atoms with van der Waals surface area (Å²) >= 11 is 0. The van der Waals surface area contributed by atoms with Crippen LogP contribution in [0.3, 0.4) is 0 Å². The van der Waals surface area contributed by atoms with E-state index in [4.69, 9.17) is 4.42 Å². The summed E-state index contributed by atoms with van der Waals surface area (Å²) in [6.07, 6.45) is 6.02. The van der Waals surface area contributed by atoms with Crippen molar-refractivity contribution < 1.29 is 8.81 Å². The second-order valence-corrected chi connectivity index (χ2v) is 6.77. The highest BCUT2D eigenvalue weighted by atomic mass is 19.1. The van der Waals surface area contributed by atoms with Crippen molar-refractivity contribution in [2.45, 2.75) is 32.1 Å². The van der Waals surface area contributed by atoms with E-state index in [1.165, 1.54) is 12.1 Å². The Balaban J connectivity index is 1.46. The molecule has 1 aliphatic rings. The number of hydrogen-bond acceptors (Lipinski definition) is 5. The standard InChI is InChI=1S/C20H21FN4O/c1-14-8-19(24-13-23-14)25-7-3-5-16(12-25)20-22-11-18(26-20)10-15-4-2-6-17(21)9-15/h2,4,6,8-9,11,13,16H,3,5,7,10,12H2,1H3. The first-order valence-corrected chi connectivity index (χ1v) is 8.90. The molecule has 3 aromatic rings. The maximum absolute atomic E-state index is 13.3. The summed E-state index contributed by atoms with van der Waals surface area (Å²) in [5.41, 5.74) is 1.85. The highest BCUT2D eigenvalue weighted by molar-refractivity contribution is 5.39. The number of hydrogen-bond donors (Lipinski definition) is 0. The Bertz CT molecular complexity index is 895. The molecule has 4 rings (SSSR count). The van der Waals surface area contributed by atoms with Crippen molar-refractivity contribution in [1.82, 2.24) is 15.0 Å². The molecule has 0 bridgehead atoms. The number of oxazole rings is 1. The van der Waals surface area contributed by atoms with Gasteiger partial charge >= 0.3 is 0 Å². The molecule has 0 aliphatic carbocycles. The first-order valence-electron chi connectivity index (χ1n) is 8.90.